The van der Waals surface area contributed by atoms with Gasteiger partial charge in [-0.15, -0.1) is 0 Å². The van der Waals surface area contributed by atoms with E-state index in [4.69, 9.17) is 4.74 Å². The molecule has 1 amide bonds. The lowest BCUT2D eigenvalue weighted by Gasteiger charge is -2.29. The van der Waals surface area contributed by atoms with Crippen LogP contribution in [0.4, 0.5) is 11.4 Å². The van der Waals surface area contributed by atoms with Gasteiger partial charge in [0.1, 0.15) is 11.4 Å². The van der Waals surface area contributed by atoms with Crippen LogP contribution in [-0.2, 0) is 6.54 Å². The number of amides is 1. The first-order valence-electron chi connectivity index (χ1n) is 9.29. The molecule has 0 radical (unpaired) electrons. The first kappa shape index (κ1) is 19.4. The van der Waals surface area contributed by atoms with E-state index in [1.54, 1.807) is 31.5 Å². The molecule has 0 unspecified atom stereocenters. The number of anilines is 2. The minimum absolute atomic E-state index is 0.268. The number of methoxy groups -OCH3 is 1. The number of pyridine rings is 1. The fourth-order valence-electron chi connectivity index (χ4n) is 2.98. The van der Waals surface area contributed by atoms with Crippen LogP contribution in [0.15, 0.2) is 72.9 Å². The molecule has 0 aliphatic carbocycles. The molecule has 0 bridgehead atoms. The second-order valence-electron chi connectivity index (χ2n) is 6.76. The van der Waals surface area contributed by atoms with Crippen LogP contribution in [0.5, 0.6) is 5.75 Å². The van der Waals surface area contributed by atoms with Crippen molar-refractivity contribution in [1.29, 1.82) is 0 Å². The van der Waals surface area contributed by atoms with Gasteiger partial charge >= 0.3 is 0 Å². The fourth-order valence-corrected chi connectivity index (χ4v) is 2.98. The molecule has 0 fully saturated rings. The maximum atomic E-state index is 12.5. The minimum atomic E-state index is -0.268. The summed E-state index contributed by atoms with van der Waals surface area (Å²) in [5.74, 6) is 0.344. The number of hydrogen-bond acceptors (Lipinski definition) is 4. The second kappa shape index (κ2) is 9.04. The van der Waals surface area contributed by atoms with Crippen molar-refractivity contribution >= 4 is 17.3 Å². The molecule has 0 atom stereocenters. The van der Waals surface area contributed by atoms with Crippen molar-refractivity contribution in [3.63, 3.8) is 0 Å². The van der Waals surface area contributed by atoms with Crippen LogP contribution in [0.3, 0.4) is 0 Å². The number of nitrogens with one attached hydrogen (secondary N) is 1. The van der Waals surface area contributed by atoms with Gasteiger partial charge < -0.3 is 15.0 Å². The Morgan fingerprint density at radius 1 is 1.04 bits per heavy atom. The molecular weight excluding hydrogens is 350 g/mol. The highest BCUT2D eigenvalue weighted by Crippen LogP contribution is 2.24. The summed E-state index contributed by atoms with van der Waals surface area (Å²) in [4.78, 5) is 19.2. The van der Waals surface area contributed by atoms with E-state index in [-0.39, 0.29) is 5.91 Å². The second-order valence-corrected chi connectivity index (χ2v) is 6.76. The maximum Gasteiger partial charge on any atom is 0.274 e. The number of rotatable bonds is 7. The van der Waals surface area contributed by atoms with Crippen LogP contribution in [0.2, 0.25) is 0 Å². The van der Waals surface area contributed by atoms with Gasteiger partial charge in [-0.05, 0) is 43.7 Å². The smallest absolute Gasteiger partial charge is 0.274 e. The summed E-state index contributed by atoms with van der Waals surface area (Å²) >= 11 is 0. The third kappa shape index (κ3) is 4.68. The minimum Gasteiger partial charge on any atom is -0.495 e. The number of ether oxygens (including phenoxy) is 1. The lowest BCUT2D eigenvalue weighted by Crippen LogP contribution is -2.30. The Balaban J connectivity index is 1.75. The highest BCUT2D eigenvalue weighted by Gasteiger charge is 2.14. The van der Waals surface area contributed by atoms with E-state index in [1.807, 2.05) is 36.4 Å². The summed E-state index contributed by atoms with van der Waals surface area (Å²) in [5, 5.41) is 2.85. The quantitative estimate of drug-likeness (QED) is 0.647. The molecule has 2 aromatic carbocycles. The summed E-state index contributed by atoms with van der Waals surface area (Å²) in [7, 11) is 1.57. The van der Waals surface area contributed by atoms with Gasteiger partial charge in [0, 0.05) is 12.6 Å². The zero-order chi connectivity index (χ0) is 19.9. The van der Waals surface area contributed by atoms with E-state index in [9.17, 15) is 4.79 Å². The van der Waals surface area contributed by atoms with Crippen molar-refractivity contribution in [3.05, 3.63) is 84.2 Å². The summed E-state index contributed by atoms with van der Waals surface area (Å²) in [6.07, 6.45) is 1.75. The molecular formula is C23H25N3O2. The van der Waals surface area contributed by atoms with E-state index < -0.39 is 0 Å². The normalized spacial score (nSPS) is 10.6. The van der Waals surface area contributed by atoms with Gasteiger partial charge in [0.2, 0.25) is 0 Å². The van der Waals surface area contributed by atoms with E-state index >= 15 is 0 Å². The first-order valence-corrected chi connectivity index (χ1v) is 9.29. The lowest BCUT2D eigenvalue weighted by atomic mass is 10.1. The van der Waals surface area contributed by atoms with Crippen LogP contribution in [0.25, 0.3) is 0 Å². The fraction of sp³-hybridized carbons (Fsp3) is 0.217. The number of aromatic nitrogens is 1. The van der Waals surface area contributed by atoms with Gasteiger partial charge in [-0.1, -0.05) is 42.5 Å². The Bertz CT molecular complexity index is 909. The van der Waals surface area contributed by atoms with Crippen molar-refractivity contribution in [2.24, 2.45) is 0 Å². The number of hydrogen-bond donors (Lipinski definition) is 1. The van der Waals surface area contributed by atoms with Crippen molar-refractivity contribution < 1.29 is 9.53 Å². The van der Waals surface area contributed by atoms with Gasteiger partial charge in [-0.3, -0.25) is 4.79 Å². The van der Waals surface area contributed by atoms with Crippen LogP contribution >= 0.6 is 0 Å². The molecule has 3 aromatic rings. The molecule has 0 aliphatic rings. The topological polar surface area (TPSA) is 54.5 Å². The highest BCUT2D eigenvalue weighted by molar-refractivity contribution is 6.03. The average Bonchev–Trinajstić information content (AvgIpc) is 2.73. The molecule has 3 rings (SSSR count). The number of carbonyl (C=O) groups excluding carboxylic acids is 1. The van der Waals surface area contributed by atoms with E-state index in [1.165, 1.54) is 5.56 Å². The predicted molar refractivity (Wildman–Crippen MR) is 113 cm³/mol. The molecule has 1 aromatic heterocycles. The number of benzene rings is 2. The van der Waals surface area contributed by atoms with Crippen LogP contribution in [0.1, 0.15) is 29.9 Å². The Hall–Kier alpha value is -3.34. The van der Waals surface area contributed by atoms with E-state index in [0.717, 1.165) is 12.2 Å². The highest BCUT2D eigenvalue weighted by atomic mass is 16.5. The molecule has 0 aliphatic heterocycles. The number of carbonyl (C=O) groups is 1. The predicted octanol–water partition coefficient (Wildman–Crippen LogP) is 4.76. The zero-order valence-electron chi connectivity index (χ0n) is 16.4. The number of nitrogens with zero attached hydrogens (tertiary/aromatic N) is 2. The molecule has 1 N–H and O–H groups in total. The first-order chi connectivity index (χ1) is 13.6. The van der Waals surface area contributed by atoms with Gasteiger partial charge in [0.15, 0.2) is 0 Å². The van der Waals surface area contributed by atoms with Crippen LogP contribution in [0, 0.1) is 0 Å². The van der Waals surface area contributed by atoms with Gasteiger partial charge in [0.25, 0.3) is 5.91 Å². The summed E-state index contributed by atoms with van der Waals surface area (Å²) in [6.45, 7) is 5.07. The Morgan fingerprint density at radius 2 is 1.75 bits per heavy atom. The zero-order valence-corrected chi connectivity index (χ0v) is 16.4. The average molecular weight is 375 g/mol. The molecule has 144 valence electrons. The Morgan fingerprint density at radius 3 is 2.39 bits per heavy atom. The standard InChI is InChI=1S/C23H25N3O2/c1-17(2)26(16-18-9-5-4-6-10-18)19-13-14-21(24-15-19)23(27)25-20-11-7-8-12-22(20)28-3/h4-15,17H,16H2,1-3H3,(H,25,27). The molecule has 0 spiro atoms. The third-order valence-electron chi connectivity index (χ3n) is 4.49. The van der Waals surface area contributed by atoms with Crippen LogP contribution < -0.4 is 15.0 Å². The Kier molecular flexibility index (Phi) is 6.27. The van der Waals surface area contributed by atoms with Gasteiger partial charge in [-0.2, -0.15) is 0 Å². The molecule has 0 saturated heterocycles. The summed E-state index contributed by atoms with van der Waals surface area (Å²) < 4.78 is 5.27. The van der Waals surface area contributed by atoms with Gasteiger partial charge in [-0.25, -0.2) is 4.98 Å². The third-order valence-corrected chi connectivity index (χ3v) is 4.49. The summed E-state index contributed by atoms with van der Waals surface area (Å²) in [6, 6.07) is 21.6. The number of para-hydroxylation sites is 2. The van der Waals surface area contributed by atoms with Crippen molar-refractivity contribution in [2.45, 2.75) is 26.4 Å². The largest absolute Gasteiger partial charge is 0.495 e. The van der Waals surface area contributed by atoms with E-state index in [0.29, 0.717) is 23.2 Å². The lowest BCUT2D eigenvalue weighted by molar-refractivity contribution is 0.102. The van der Waals surface area contributed by atoms with Crippen LogP contribution in [-0.4, -0.2) is 24.0 Å². The van der Waals surface area contributed by atoms with Crippen molar-refractivity contribution in [1.82, 2.24) is 4.98 Å². The SMILES string of the molecule is COc1ccccc1NC(=O)c1ccc(N(Cc2ccccc2)C(C)C)cn1. The molecule has 0 saturated carbocycles. The van der Waals surface area contributed by atoms with Crippen molar-refractivity contribution in [3.8, 4) is 5.75 Å². The molecule has 5 heteroatoms. The molecule has 28 heavy (non-hydrogen) atoms. The van der Waals surface area contributed by atoms with Gasteiger partial charge in [0.05, 0.1) is 24.7 Å². The molecule has 5 nitrogen and oxygen atoms in total. The maximum absolute atomic E-state index is 12.5. The summed E-state index contributed by atoms with van der Waals surface area (Å²) in [5.41, 5.74) is 3.19. The van der Waals surface area contributed by atoms with E-state index in [2.05, 4.69) is 41.2 Å². The monoisotopic (exact) mass is 375 g/mol. The molecule has 1 heterocycles. The van der Waals surface area contributed by atoms with Crippen molar-refractivity contribution in [2.75, 3.05) is 17.3 Å². The Labute approximate surface area is 166 Å².